The van der Waals surface area contributed by atoms with Gasteiger partial charge in [-0.1, -0.05) is 33.1 Å². The highest BCUT2D eigenvalue weighted by Gasteiger charge is 2.30. The van der Waals surface area contributed by atoms with Gasteiger partial charge < -0.3 is 10.2 Å². The molecule has 1 N–H and O–H groups in total. The van der Waals surface area contributed by atoms with Crippen LogP contribution in [0.5, 0.6) is 0 Å². The van der Waals surface area contributed by atoms with E-state index >= 15 is 0 Å². The number of piperidine rings is 1. The predicted molar refractivity (Wildman–Crippen MR) is 78.9 cm³/mol. The first-order valence-electron chi connectivity index (χ1n) is 8.21. The number of likely N-dealkylation sites (tertiary alicyclic amines) is 1. The minimum absolute atomic E-state index is 0.642. The van der Waals surface area contributed by atoms with Gasteiger partial charge in [0, 0.05) is 12.6 Å². The third-order valence-electron chi connectivity index (χ3n) is 4.83. The van der Waals surface area contributed by atoms with Crippen molar-refractivity contribution in [1.29, 1.82) is 0 Å². The molecule has 2 heteroatoms. The van der Waals surface area contributed by atoms with Crippen molar-refractivity contribution >= 4 is 0 Å². The molecule has 1 saturated carbocycles. The molecular weight excluding hydrogens is 220 g/mol. The SMILES string of the molecule is CC(C)NCCCCN1CCC2CCCCC2C1. The number of fused-ring (bicyclic) bond motifs is 1. The molecule has 0 aromatic rings. The summed E-state index contributed by atoms with van der Waals surface area (Å²) >= 11 is 0. The topological polar surface area (TPSA) is 15.3 Å². The molecule has 2 nitrogen and oxygen atoms in total. The molecule has 0 amide bonds. The van der Waals surface area contributed by atoms with E-state index in [1.54, 1.807) is 0 Å². The van der Waals surface area contributed by atoms with Crippen molar-refractivity contribution in [3.8, 4) is 0 Å². The molecule has 18 heavy (non-hydrogen) atoms. The van der Waals surface area contributed by atoms with Gasteiger partial charge in [-0.2, -0.15) is 0 Å². The molecule has 1 heterocycles. The summed E-state index contributed by atoms with van der Waals surface area (Å²) in [5.41, 5.74) is 0. The van der Waals surface area contributed by atoms with Crippen molar-refractivity contribution in [3.05, 3.63) is 0 Å². The Bertz CT molecular complexity index is 227. The molecule has 1 saturated heterocycles. The van der Waals surface area contributed by atoms with Crippen LogP contribution in [0.15, 0.2) is 0 Å². The maximum atomic E-state index is 3.51. The molecule has 2 unspecified atom stereocenters. The van der Waals surface area contributed by atoms with E-state index < -0.39 is 0 Å². The number of nitrogens with zero attached hydrogens (tertiary/aromatic N) is 1. The van der Waals surface area contributed by atoms with Gasteiger partial charge in [-0.15, -0.1) is 0 Å². The highest BCUT2D eigenvalue weighted by atomic mass is 15.1. The Morgan fingerprint density at radius 2 is 1.83 bits per heavy atom. The van der Waals surface area contributed by atoms with E-state index in [9.17, 15) is 0 Å². The molecule has 0 radical (unpaired) electrons. The molecular formula is C16H32N2. The van der Waals surface area contributed by atoms with Gasteiger partial charge in [0.05, 0.1) is 0 Å². The Morgan fingerprint density at radius 1 is 1.06 bits per heavy atom. The summed E-state index contributed by atoms with van der Waals surface area (Å²) in [6.45, 7) is 9.77. The molecule has 1 aliphatic heterocycles. The monoisotopic (exact) mass is 252 g/mol. The van der Waals surface area contributed by atoms with Crippen molar-refractivity contribution in [2.24, 2.45) is 11.8 Å². The van der Waals surface area contributed by atoms with E-state index in [0.717, 1.165) is 11.8 Å². The van der Waals surface area contributed by atoms with Gasteiger partial charge in [-0.3, -0.25) is 0 Å². The number of nitrogens with one attached hydrogen (secondary N) is 1. The summed E-state index contributed by atoms with van der Waals surface area (Å²) in [7, 11) is 0. The van der Waals surface area contributed by atoms with Crippen LogP contribution >= 0.6 is 0 Å². The zero-order chi connectivity index (χ0) is 12.8. The minimum Gasteiger partial charge on any atom is -0.315 e. The van der Waals surface area contributed by atoms with E-state index in [1.165, 1.54) is 71.1 Å². The number of hydrogen-bond acceptors (Lipinski definition) is 2. The number of rotatable bonds is 6. The number of hydrogen-bond donors (Lipinski definition) is 1. The first-order valence-corrected chi connectivity index (χ1v) is 8.21. The lowest BCUT2D eigenvalue weighted by Gasteiger charge is -2.41. The number of unbranched alkanes of at least 4 members (excludes halogenated alkanes) is 1. The minimum atomic E-state index is 0.642. The fraction of sp³-hybridized carbons (Fsp3) is 1.00. The second-order valence-electron chi connectivity index (χ2n) is 6.71. The van der Waals surface area contributed by atoms with Gasteiger partial charge in [-0.05, 0) is 57.2 Å². The third-order valence-corrected chi connectivity index (χ3v) is 4.83. The lowest BCUT2D eigenvalue weighted by atomic mass is 9.75. The van der Waals surface area contributed by atoms with Crippen LogP contribution in [0.25, 0.3) is 0 Å². The van der Waals surface area contributed by atoms with Crippen LogP contribution in [-0.4, -0.2) is 37.1 Å². The molecule has 2 atom stereocenters. The van der Waals surface area contributed by atoms with E-state index in [4.69, 9.17) is 0 Å². The maximum Gasteiger partial charge on any atom is 0.00123 e. The largest absolute Gasteiger partial charge is 0.315 e. The smallest absolute Gasteiger partial charge is 0.00123 e. The van der Waals surface area contributed by atoms with Crippen LogP contribution in [0.2, 0.25) is 0 Å². The second kappa shape index (κ2) is 7.49. The van der Waals surface area contributed by atoms with Gasteiger partial charge in [-0.25, -0.2) is 0 Å². The van der Waals surface area contributed by atoms with Crippen molar-refractivity contribution in [3.63, 3.8) is 0 Å². The van der Waals surface area contributed by atoms with Crippen molar-refractivity contribution in [2.45, 2.75) is 64.8 Å². The van der Waals surface area contributed by atoms with Gasteiger partial charge in [0.15, 0.2) is 0 Å². The third kappa shape index (κ3) is 4.55. The van der Waals surface area contributed by atoms with Crippen LogP contribution in [-0.2, 0) is 0 Å². The zero-order valence-electron chi connectivity index (χ0n) is 12.5. The molecule has 0 aromatic carbocycles. The van der Waals surface area contributed by atoms with Crippen molar-refractivity contribution in [1.82, 2.24) is 10.2 Å². The first kappa shape index (κ1) is 14.3. The Morgan fingerprint density at radius 3 is 2.61 bits per heavy atom. The second-order valence-corrected chi connectivity index (χ2v) is 6.71. The molecule has 2 fully saturated rings. The summed E-state index contributed by atoms with van der Waals surface area (Å²) in [4.78, 5) is 2.74. The van der Waals surface area contributed by atoms with Crippen LogP contribution in [0.4, 0.5) is 0 Å². The summed E-state index contributed by atoms with van der Waals surface area (Å²) in [5.74, 6) is 2.12. The molecule has 2 aliphatic rings. The van der Waals surface area contributed by atoms with E-state index in [-0.39, 0.29) is 0 Å². The normalized spacial score (nSPS) is 29.5. The fourth-order valence-corrected chi connectivity index (χ4v) is 3.73. The summed E-state index contributed by atoms with van der Waals surface area (Å²) in [6, 6.07) is 0.642. The zero-order valence-corrected chi connectivity index (χ0v) is 12.5. The highest BCUT2D eigenvalue weighted by molar-refractivity contribution is 4.83. The molecule has 106 valence electrons. The maximum absolute atomic E-state index is 3.51. The molecule has 2 rings (SSSR count). The van der Waals surface area contributed by atoms with Gasteiger partial charge >= 0.3 is 0 Å². The van der Waals surface area contributed by atoms with Crippen LogP contribution in [0.1, 0.15) is 58.8 Å². The average molecular weight is 252 g/mol. The first-order chi connectivity index (χ1) is 8.75. The summed E-state index contributed by atoms with van der Waals surface area (Å²) < 4.78 is 0. The summed E-state index contributed by atoms with van der Waals surface area (Å²) in [5, 5.41) is 3.51. The van der Waals surface area contributed by atoms with Crippen LogP contribution in [0, 0.1) is 11.8 Å². The Kier molecular flexibility index (Phi) is 5.97. The predicted octanol–water partition coefficient (Wildman–Crippen LogP) is 3.28. The van der Waals surface area contributed by atoms with E-state index in [0.29, 0.717) is 6.04 Å². The van der Waals surface area contributed by atoms with Crippen LogP contribution in [0.3, 0.4) is 0 Å². The summed E-state index contributed by atoms with van der Waals surface area (Å²) in [6.07, 6.45) is 10.2. The lowest BCUT2D eigenvalue weighted by molar-refractivity contribution is 0.0857. The molecule has 0 spiro atoms. The Labute approximate surface area is 114 Å². The Hall–Kier alpha value is -0.0800. The highest BCUT2D eigenvalue weighted by Crippen LogP contribution is 2.35. The molecule has 0 aromatic heterocycles. The Balaban J connectivity index is 1.57. The lowest BCUT2D eigenvalue weighted by Crippen LogP contribution is -2.42. The van der Waals surface area contributed by atoms with Crippen molar-refractivity contribution < 1.29 is 0 Å². The fourth-order valence-electron chi connectivity index (χ4n) is 3.73. The van der Waals surface area contributed by atoms with E-state index in [1.807, 2.05) is 0 Å². The average Bonchev–Trinajstić information content (AvgIpc) is 2.38. The van der Waals surface area contributed by atoms with Crippen LogP contribution < -0.4 is 5.32 Å². The standard InChI is InChI=1S/C16H32N2/c1-14(2)17-10-5-6-11-18-12-9-15-7-3-4-8-16(15)13-18/h14-17H,3-13H2,1-2H3. The molecule has 0 bridgehead atoms. The van der Waals surface area contributed by atoms with Gasteiger partial charge in [0.1, 0.15) is 0 Å². The van der Waals surface area contributed by atoms with Gasteiger partial charge in [0.25, 0.3) is 0 Å². The van der Waals surface area contributed by atoms with E-state index in [2.05, 4.69) is 24.1 Å². The molecule has 1 aliphatic carbocycles. The quantitative estimate of drug-likeness (QED) is 0.730. The van der Waals surface area contributed by atoms with Gasteiger partial charge in [0.2, 0.25) is 0 Å². The van der Waals surface area contributed by atoms with Crippen molar-refractivity contribution in [2.75, 3.05) is 26.2 Å².